The van der Waals surface area contributed by atoms with Crippen molar-refractivity contribution in [2.45, 2.75) is 25.9 Å². The fourth-order valence-corrected chi connectivity index (χ4v) is 4.05. The van der Waals surface area contributed by atoms with Crippen LogP contribution in [-0.2, 0) is 0 Å². The third-order valence-electron chi connectivity index (χ3n) is 5.51. The van der Waals surface area contributed by atoms with Gasteiger partial charge >= 0.3 is 0 Å². The van der Waals surface area contributed by atoms with Crippen molar-refractivity contribution in [3.63, 3.8) is 0 Å². The van der Waals surface area contributed by atoms with Gasteiger partial charge in [-0.25, -0.2) is 4.98 Å². The first-order valence-corrected chi connectivity index (χ1v) is 10.1. The largest absolute Gasteiger partial charge is 0.391 e. The number of hydrogen-bond acceptors (Lipinski definition) is 4. The van der Waals surface area contributed by atoms with Crippen molar-refractivity contribution in [2.24, 2.45) is 0 Å². The van der Waals surface area contributed by atoms with E-state index in [1.165, 1.54) is 5.56 Å². The molecule has 146 valence electrons. The number of anilines is 1. The minimum Gasteiger partial charge on any atom is -0.391 e. The van der Waals surface area contributed by atoms with Gasteiger partial charge in [0.1, 0.15) is 5.82 Å². The first-order valence-electron chi connectivity index (χ1n) is 10.1. The molecule has 0 aliphatic carbocycles. The average Bonchev–Trinajstić information content (AvgIpc) is 3.18. The number of β-amino-alcohol motifs (C(OH)–C–C–N with tert-alkyl or cyclic N) is 1. The molecule has 0 spiro atoms. The van der Waals surface area contributed by atoms with Crippen molar-refractivity contribution in [1.29, 1.82) is 0 Å². The molecule has 5 heteroatoms. The number of rotatable bonds is 3. The second-order valence-corrected chi connectivity index (χ2v) is 7.78. The van der Waals surface area contributed by atoms with Crippen molar-refractivity contribution >= 4 is 11.5 Å². The molecule has 5 rings (SSSR count). The Balaban J connectivity index is 1.69. The molecule has 0 saturated carbocycles. The molecule has 1 saturated heterocycles. The van der Waals surface area contributed by atoms with E-state index in [1.807, 2.05) is 28.8 Å². The summed E-state index contributed by atoms with van der Waals surface area (Å²) in [6.07, 6.45) is 1.51. The van der Waals surface area contributed by atoms with E-state index in [0.717, 1.165) is 53.4 Å². The quantitative estimate of drug-likeness (QED) is 0.571. The Hall–Kier alpha value is -3.18. The highest BCUT2D eigenvalue weighted by atomic mass is 16.3. The second kappa shape index (κ2) is 7.33. The number of fused-ring (bicyclic) bond motifs is 1. The zero-order valence-corrected chi connectivity index (χ0v) is 16.5. The topological polar surface area (TPSA) is 53.7 Å². The molecular formula is C24H24N4O. The molecule has 0 amide bonds. The minimum absolute atomic E-state index is 0.307. The molecular weight excluding hydrogens is 360 g/mol. The number of hydrogen-bond donors (Lipinski definition) is 1. The van der Waals surface area contributed by atoms with Crippen LogP contribution < -0.4 is 4.90 Å². The molecule has 29 heavy (non-hydrogen) atoms. The van der Waals surface area contributed by atoms with E-state index in [4.69, 9.17) is 10.1 Å². The number of aliphatic hydroxyl groups excluding tert-OH is 1. The molecule has 1 atom stereocenters. The van der Waals surface area contributed by atoms with Gasteiger partial charge in [-0.3, -0.25) is 0 Å². The van der Waals surface area contributed by atoms with Gasteiger partial charge in [-0.1, -0.05) is 54.1 Å². The molecule has 2 aromatic carbocycles. The van der Waals surface area contributed by atoms with E-state index in [0.29, 0.717) is 6.54 Å². The maximum Gasteiger partial charge on any atom is 0.158 e. The summed E-state index contributed by atoms with van der Waals surface area (Å²) < 4.78 is 1.92. The Labute approximate surface area is 170 Å². The lowest BCUT2D eigenvalue weighted by atomic mass is 10.1. The third-order valence-corrected chi connectivity index (χ3v) is 5.51. The van der Waals surface area contributed by atoms with E-state index in [-0.39, 0.29) is 6.10 Å². The first kappa shape index (κ1) is 17.9. The van der Waals surface area contributed by atoms with Crippen LogP contribution in [0, 0.1) is 6.92 Å². The summed E-state index contributed by atoms with van der Waals surface area (Å²) in [6.45, 7) is 3.61. The molecule has 2 aromatic heterocycles. The minimum atomic E-state index is -0.307. The van der Waals surface area contributed by atoms with Crippen LogP contribution in [0.25, 0.3) is 28.2 Å². The predicted molar refractivity (Wildman–Crippen MR) is 116 cm³/mol. The van der Waals surface area contributed by atoms with Crippen molar-refractivity contribution in [2.75, 3.05) is 18.0 Å². The van der Waals surface area contributed by atoms with Crippen LogP contribution in [0.1, 0.15) is 18.4 Å². The Morgan fingerprint density at radius 2 is 1.76 bits per heavy atom. The Morgan fingerprint density at radius 1 is 0.931 bits per heavy atom. The molecule has 1 fully saturated rings. The van der Waals surface area contributed by atoms with Crippen molar-refractivity contribution in [1.82, 2.24) is 14.6 Å². The highest BCUT2D eigenvalue weighted by molar-refractivity contribution is 5.71. The van der Waals surface area contributed by atoms with E-state index in [1.54, 1.807) is 0 Å². The lowest BCUT2D eigenvalue weighted by Crippen LogP contribution is -2.39. The number of aliphatic hydroxyl groups is 1. The average molecular weight is 384 g/mol. The van der Waals surface area contributed by atoms with E-state index >= 15 is 0 Å². The van der Waals surface area contributed by atoms with Crippen molar-refractivity contribution in [3.05, 3.63) is 72.3 Å². The van der Waals surface area contributed by atoms with Crippen LogP contribution in [0.4, 0.5) is 5.82 Å². The zero-order valence-electron chi connectivity index (χ0n) is 16.5. The summed E-state index contributed by atoms with van der Waals surface area (Å²) in [4.78, 5) is 7.12. The smallest absolute Gasteiger partial charge is 0.158 e. The fourth-order valence-electron chi connectivity index (χ4n) is 4.05. The number of nitrogens with zero attached hydrogens (tertiary/aromatic N) is 4. The van der Waals surface area contributed by atoms with Crippen molar-refractivity contribution < 1.29 is 5.11 Å². The molecule has 1 unspecified atom stereocenters. The van der Waals surface area contributed by atoms with E-state index in [2.05, 4.69) is 54.3 Å². The standard InChI is InChI=1S/C24H24N4O/c1-17-7-5-10-19(13-17)22-14-23-25-21(18-8-3-2-4-9-18)15-24(28(23)26-22)27-12-6-11-20(29)16-27/h2-5,7-10,13-15,20,29H,6,11-12,16H2,1H3. The van der Waals surface area contributed by atoms with Crippen LogP contribution >= 0.6 is 0 Å². The van der Waals surface area contributed by atoms with Crippen LogP contribution in [-0.4, -0.2) is 38.9 Å². The van der Waals surface area contributed by atoms with Crippen LogP contribution in [0.15, 0.2) is 66.7 Å². The van der Waals surface area contributed by atoms with Crippen LogP contribution in [0.2, 0.25) is 0 Å². The molecule has 0 bridgehead atoms. The first-order chi connectivity index (χ1) is 14.2. The van der Waals surface area contributed by atoms with Crippen molar-refractivity contribution in [3.8, 4) is 22.5 Å². The van der Waals surface area contributed by atoms with E-state index < -0.39 is 0 Å². The lowest BCUT2D eigenvalue weighted by Gasteiger charge is -2.32. The Morgan fingerprint density at radius 3 is 2.55 bits per heavy atom. The number of piperidine rings is 1. The molecule has 1 aliphatic heterocycles. The highest BCUT2D eigenvalue weighted by Crippen LogP contribution is 2.29. The van der Waals surface area contributed by atoms with Crippen LogP contribution in [0.3, 0.4) is 0 Å². The summed E-state index contributed by atoms with van der Waals surface area (Å²) >= 11 is 0. The van der Waals surface area contributed by atoms with Gasteiger partial charge in [-0.2, -0.15) is 9.61 Å². The molecule has 1 aliphatic rings. The van der Waals surface area contributed by atoms with Gasteiger partial charge in [0.15, 0.2) is 5.65 Å². The van der Waals surface area contributed by atoms with Gasteiger partial charge in [0.2, 0.25) is 0 Å². The Bertz CT molecular complexity index is 1150. The zero-order chi connectivity index (χ0) is 19.8. The van der Waals surface area contributed by atoms with Crippen LogP contribution in [0.5, 0.6) is 0 Å². The fraction of sp³-hybridized carbons (Fsp3) is 0.250. The number of benzene rings is 2. The Kier molecular flexibility index (Phi) is 4.52. The highest BCUT2D eigenvalue weighted by Gasteiger charge is 2.22. The molecule has 3 heterocycles. The number of aromatic nitrogens is 3. The van der Waals surface area contributed by atoms with Gasteiger partial charge in [-0.05, 0) is 25.8 Å². The van der Waals surface area contributed by atoms with Gasteiger partial charge in [0.05, 0.1) is 17.5 Å². The summed E-state index contributed by atoms with van der Waals surface area (Å²) in [6, 6.07) is 22.7. The predicted octanol–water partition coefficient (Wildman–Crippen LogP) is 4.33. The molecule has 4 aromatic rings. The lowest BCUT2D eigenvalue weighted by molar-refractivity contribution is 0.153. The molecule has 5 nitrogen and oxygen atoms in total. The maximum atomic E-state index is 10.2. The van der Waals surface area contributed by atoms with Gasteiger partial charge in [0, 0.05) is 36.3 Å². The van der Waals surface area contributed by atoms with E-state index in [9.17, 15) is 5.11 Å². The molecule has 0 radical (unpaired) electrons. The summed E-state index contributed by atoms with van der Waals surface area (Å²) in [5.41, 5.74) is 6.01. The number of aryl methyl sites for hydroxylation is 1. The van der Waals surface area contributed by atoms with Gasteiger partial charge in [-0.15, -0.1) is 0 Å². The third kappa shape index (κ3) is 3.49. The molecule has 1 N–H and O–H groups in total. The summed E-state index contributed by atoms with van der Waals surface area (Å²) in [7, 11) is 0. The summed E-state index contributed by atoms with van der Waals surface area (Å²) in [5.74, 6) is 0.978. The SMILES string of the molecule is Cc1cccc(-c2cc3nc(-c4ccccc4)cc(N4CCCC(O)C4)n3n2)c1. The maximum absolute atomic E-state index is 10.2. The summed E-state index contributed by atoms with van der Waals surface area (Å²) in [5, 5.41) is 15.1. The normalized spacial score (nSPS) is 17.0. The second-order valence-electron chi connectivity index (χ2n) is 7.78. The van der Waals surface area contributed by atoms with Gasteiger partial charge in [0.25, 0.3) is 0 Å². The monoisotopic (exact) mass is 384 g/mol. The van der Waals surface area contributed by atoms with Gasteiger partial charge < -0.3 is 10.0 Å².